The van der Waals surface area contributed by atoms with E-state index in [-0.39, 0.29) is 5.91 Å². The number of carbonyl (C=O) groups is 1. The first kappa shape index (κ1) is 17.2. The normalized spacial score (nSPS) is 10.2. The Labute approximate surface area is 141 Å². The molecule has 0 radical (unpaired) electrons. The van der Waals surface area contributed by atoms with E-state index in [2.05, 4.69) is 0 Å². The van der Waals surface area contributed by atoms with Crippen LogP contribution in [0.3, 0.4) is 0 Å². The largest absolute Gasteiger partial charge is 0.497 e. The third-order valence-corrected chi connectivity index (χ3v) is 4.42. The molecule has 0 saturated heterocycles. The fraction of sp³-hybridized carbons (Fsp3) is 0.278. The van der Waals surface area contributed by atoms with Crippen LogP contribution >= 0.6 is 11.8 Å². The Morgan fingerprint density at radius 2 is 1.48 bits per heavy atom. The molecule has 0 saturated carbocycles. The quantitative estimate of drug-likeness (QED) is 0.729. The molecule has 1 amide bonds. The Bertz CT molecular complexity index is 626. The molecule has 0 aliphatic heterocycles. The molecule has 0 fully saturated rings. The third kappa shape index (κ3) is 5.21. The minimum atomic E-state index is 0.0987. The number of thioether (sulfide) groups is 1. The van der Waals surface area contributed by atoms with Crippen molar-refractivity contribution >= 4 is 17.7 Å². The molecule has 2 aromatic rings. The zero-order valence-electron chi connectivity index (χ0n) is 13.6. The lowest BCUT2D eigenvalue weighted by Gasteiger charge is -2.17. The van der Waals surface area contributed by atoms with Gasteiger partial charge in [-0.05, 0) is 42.0 Å². The van der Waals surface area contributed by atoms with Crippen molar-refractivity contribution in [3.05, 3.63) is 54.1 Å². The number of carbonyl (C=O) groups excluding carboxylic acids is 1. The summed E-state index contributed by atoms with van der Waals surface area (Å²) in [6.07, 6.45) is 0. The zero-order valence-corrected chi connectivity index (χ0v) is 14.4. The highest BCUT2D eigenvalue weighted by Gasteiger charge is 2.10. The average molecular weight is 331 g/mol. The number of hydrogen-bond acceptors (Lipinski definition) is 4. The summed E-state index contributed by atoms with van der Waals surface area (Å²) >= 11 is 1.53. The minimum Gasteiger partial charge on any atom is -0.497 e. The highest BCUT2D eigenvalue weighted by atomic mass is 32.2. The van der Waals surface area contributed by atoms with Gasteiger partial charge < -0.3 is 14.4 Å². The molecular formula is C18H21NO3S. The molecule has 2 aromatic carbocycles. The summed E-state index contributed by atoms with van der Waals surface area (Å²) in [4.78, 5) is 15.0. The summed E-state index contributed by atoms with van der Waals surface area (Å²) in [5, 5.41) is 0. The molecule has 23 heavy (non-hydrogen) atoms. The molecule has 4 nitrogen and oxygen atoms in total. The van der Waals surface area contributed by atoms with Gasteiger partial charge in [-0.25, -0.2) is 0 Å². The maximum Gasteiger partial charge on any atom is 0.232 e. The second-order valence-corrected chi connectivity index (χ2v) is 6.11. The molecule has 0 bridgehead atoms. The molecular weight excluding hydrogens is 310 g/mol. The Morgan fingerprint density at radius 1 is 0.957 bits per heavy atom. The van der Waals surface area contributed by atoms with Gasteiger partial charge in [0.2, 0.25) is 5.91 Å². The summed E-state index contributed by atoms with van der Waals surface area (Å²) in [5.74, 6) is 2.15. The molecule has 0 spiro atoms. The molecule has 5 heteroatoms. The summed E-state index contributed by atoms with van der Waals surface area (Å²) in [6.45, 7) is 0.589. The fourth-order valence-electron chi connectivity index (χ4n) is 2.02. The van der Waals surface area contributed by atoms with Gasteiger partial charge in [-0.1, -0.05) is 12.1 Å². The topological polar surface area (TPSA) is 38.8 Å². The van der Waals surface area contributed by atoms with Crippen LogP contribution in [0, 0.1) is 0 Å². The van der Waals surface area contributed by atoms with Crippen LogP contribution in [0.2, 0.25) is 0 Å². The van der Waals surface area contributed by atoms with Crippen LogP contribution in [-0.2, 0) is 11.3 Å². The second-order valence-electron chi connectivity index (χ2n) is 5.06. The van der Waals surface area contributed by atoms with Crippen LogP contribution in [0.4, 0.5) is 0 Å². The third-order valence-electron chi connectivity index (χ3n) is 3.43. The number of nitrogens with zero attached hydrogens (tertiary/aromatic N) is 1. The molecule has 0 N–H and O–H groups in total. The van der Waals surface area contributed by atoms with Crippen molar-refractivity contribution in [2.24, 2.45) is 0 Å². The molecule has 2 rings (SSSR count). The molecule has 0 atom stereocenters. The van der Waals surface area contributed by atoms with Gasteiger partial charge >= 0.3 is 0 Å². The maximum absolute atomic E-state index is 12.2. The smallest absolute Gasteiger partial charge is 0.232 e. The van der Waals surface area contributed by atoms with Crippen molar-refractivity contribution in [3.63, 3.8) is 0 Å². The standard InChI is InChI=1S/C18H21NO3S/c1-19(12-14-4-6-15(21-2)7-5-14)18(20)13-23-17-10-8-16(22-3)9-11-17/h4-11H,12-13H2,1-3H3. The average Bonchev–Trinajstić information content (AvgIpc) is 2.60. The van der Waals surface area contributed by atoms with Crippen LogP contribution in [0.15, 0.2) is 53.4 Å². The van der Waals surface area contributed by atoms with E-state index in [1.807, 2.05) is 55.6 Å². The van der Waals surface area contributed by atoms with Crippen LogP contribution in [0.25, 0.3) is 0 Å². The van der Waals surface area contributed by atoms with Gasteiger partial charge in [0, 0.05) is 18.5 Å². The van der Waals surface area contributed by atoms with Crippen molar-refractivity contribution in [1.29, 1.82) is 0 Å². The van der Waals surface area contributed by atoms with E-state index < -0.39 is 0 Å². The highest BCUT2D eigenvalue weighted by molar-refractivity contribution is 8.00. The Hall–Kier alpha value is -2.14. The van der Waals surface area contributed by atoms with E-state index in [4.69, 9.17) is 9.47 Å². The summed E-state index contributed by atoms with van der Waals surface area (Å²) < 4.78 is 10.3. The molecule has 0 aliphatic carbocycles. The van der Waals surface area contributed by atoms with Gasteiger partial charge in [-0.15, -0.1) is 11.8 Å². The van der Waals surface area contributed by atoms with Crippen molar-refractivity contribution in [2.75, 3.05) is 27.0 Å². The fourth-order valence-corrected chi connectivity index (χ4v) is 2.86. The van der Waals surface area contributed by atoms with E-state index in [0.29, 0.717) is 12.3 Å². The zero-order chi connectivity index (χ0) is 16.7. The van der Waals surface area contributed by atoms with Crippen LogP contribution < -0.4 is 9.47 Å². The van der Waals surface area contributed by atoms with Crippen LogP contribution in [-0.4, -0.2) is 37.8 Å². The SMILES string of the molecule is COc1ccc(CN(C)C(=O)CSc2ccc(OC)cc2)cc1. The first-order valence-electron chi connectivity index (χ1n) is 7.26. The van der Waals surface area contributed by atoms with E-state index in [0.717, 1.165) is 22.0 Å². The predicted molar refractivity (Wildman–Crippen MR) is 93.2 cm³/mol. The van der Waals surface area contributed by atoms with Crippen molar-refractivity contribution in [2.45, 2.75) is 11.4 Å². The van der Waals surface area contributed by atoms with Gasteiger partial charge in [-0.3, -0.25) is 4.79 Å². The molecule has 0 unspecified atom stereocenters. The van der Waals surface area contributed by atoms with Gasteiger partial charge in [0.1, 0.15) is 11.5 Å². The first-order valence-corrected chi connectivity index (χ1v) is 8.24. The lowest BCUT2D eigenvalue weighted by atomic mass is 10.2. The second kappa shape index (κ2) is 8.48. The summed E-state index contributed by atoms with van der Waals surface area (Å²) in [5.41, 5.74) is 1.08. The van der Waals surface area contributed by atoms with Crippen LogP contribution in [0.1, 0.15) is 5.56 Å². The maximum atomic E-state index is 12.2. The highest BCUT2D eigenvalue weighted by Crippen LogP contribution is 2.21. The number of benzene rings is 2. The number of hydrogen-bond donors (Lipinski definition) is 0. The van der Waals surface area contributed by atoms with Crippen molar-refractivity contribution in [3.8, 4) is 11.5 Å². The lowest BCUT2D eigenvalue weighted by Crippen LogP contribution is -2.27. The minimum absolute atomic E-state index is 0.0987. The van der Waals surface area contributed by atoms with E-state index in [9.17, 15) is 4.79 Å². The Morgan fingerprint density at radius 3 is 2.00 bits per heavy atom. The molecule has 122 valence electrons. The van der Waals surface area contributed by atoms with E-state index in [1.54, 1.807) is 19.1 Å². The van der Waals surface area contributed by atoms with Gasteiger partial charge in [-0.2, -0.15) is 0 Å². The molecule has 0 aromatic heterocycles. The van der Waals surface area contributed by atoms with Gasteiger partial charge in [0.05, 0.1) is 20.0 Å². The Balaban J connectivity index is 1.83. The number of amides is 1. The van der Waals surface area contributed by atoms with Crippen molar-refractivity contribution in [1.82, 2.24) is 4.90 Å². The molecule has 0 heterocycles. The summed E-state index contributed by atoms with van der Waals surface area (Å²) in [7, 11) is 5.10. The number of rotatable bonds is 7. The van der Waals surface area contributed by atoms with Gasteiger partial charge in [0.25, 0.3) is 0 Å². The molecule has 0 aliphatic rings. The summed E-state index contributed by atoms with van der Waals surface area (Å²) in [6, 6.07) is 15.5. The lowest BCUT2D eigenvalue weighted by molar-refractivity contribution is -0.127. The monoisotopic (exact) mass is 331 g/mol. The Kier molecular flexibility index (Phi) is 6.35. The van der Waals surface area contributed by atoms with E-state index >= 15 is 0 Å². The van der Waals surface area contributed by atoms with Gasteiger partial charge in [0.15, 0.2) is 0 Å². The van der Waals surface area contributed by atoms with Crippen LogP contribution in [0.5, 0.6) is 11.5 Å². The number of ether oxygens (including phenoxy) is 2. The number of methoxy groups -OCH3 is 2. The predicted octanol–water partition coefficient (Wildman–Crippen LogP) is 3.45. The van der Waals surface area contributed by atoms with E-state index in [1.165, 1.54) is 11.8 Å². The first-order chi connectivity index (χ1) is 11.1. The van der Waals surface area contributed by atoms with Crippen molar-refractivity contribution < 1.29 is 14.3 Å².